The smallest absolute Gasteiger partial charge is 0.141 e. The van der Waals surface area contributed by atoms with Crippen molar-refractivity contribution in [2.75, 3.05) is 0 Å². The Kier molecular flexibility index (Phi) is 3.01. The lowest BCUT2D eigenvalue weighted by molar-refractivity contribution is 0.607. The molecule has 1 aromatic carbocycles. The molecule has 1 aromatic heterocycles. The Morgan fingerprint density at radius 1 is 1.25 bits per heavy atom. The summed E-state index contributed by atoms with van der Waals surface area (Å²) in [6, 6.07) is 8.53. The van der Waals surface area contributed by atoms with Gasteiger partial charge in [0, 0.05) is 11.6 Å². The average molecular weight is 235 g/mol. The topological polar surface area (TPSA) is 17.8 Å². The highest BCUT2D eigenvalue weighted by atomic mass is 35.5. The van der Waals surface area contributed by atoms with Crippen LogP contribution in [0.3, 0.4) is 0 Å². The molecule has 0 saturated heterocycles. The molecule has 0 bridgehead atoms. The van der Waals surface area contributed by atoms with E-state index in [2.05, 4.69) is 37.9 Å². The Morgan fingerprint density at radius 2 is 1.94 bits per heavy atom. The van der Waals surface area contributed by atoms with Gasteiger partial charge in [0.25, 0.3) is 0 Å². The van der Waals surface area contributed by atoms with Crippen LogP contribution in [-0.2, 0) is 0 Å². The van der Waals surface area contributed by atoms with E-state index < -0.39 is 0 Å². The minimum absolute atomic E-state index is 0.310. The van der Waals surface area contributed by atoms with Gasteiger partial charge in [-0.05, 0) is 26.3 Å². The van der Waals surface area contributed by atoms with Crippen LogP contribution in [0.5, 0.6) is 0 Å². The molecule has 0 N–H and O–H groups in total. The molecule has 2 aromatic rings. The van der Waals surface area contributed by atoms with Gasteiger partial charge in [-0.15, -0.1) is 0 Å². The van der Waals surface area contributed by atoms with Crippen LogP contribution in [-0.4, -0.2) is 9.55 Å². The van der Waals surface area contributed by atoms with E-state index in [4.69, 9.17) is 11.6 Å². The zero-order valence-corrected chi connectivity index (χ0v) is 10.5. The van der Waals surface area contributed by atoms with E-state index in [0.717, 1.165) is 11.4 Å². The summed E-state index contributed by atoms with van der Waals surface area (Å²) in [6.45, 7) is 6.30. The van der Waals surface area contributed by atoms with Crippen molar-refractivity contribution in [3.63, 3.8) is 0 Å². The van der Waals surface area contributed by atoms with Crippen molar-refractivity contribution in [2.24, 2.45) is 0 Å². The largest absolute Gasteiger partial charge is 0.313 e. The summed E-state index contributed by atoms with van der Waals surface area (Å²) in [7, 11) is 0. The Bertz CT molecular complexity index is 500. The van der Waals surface area contributed by atoms with Gasteiger partial charge in [-0.1, -0.05) is 35.9 Å². The maximum absolute atomic E-state index is 6.14. The first-order valence-corrected chi connectivity index (χ1v) is 5.77. The van der Waals surface area contributed by atoms with Gasteiger partial charge < -0.3 is 4.57 Å². The molecule has 0 fully saturated rings. The number of hydrogen-bond acceptors (Lipinski definition) is 1. The van der Waals surface area contributed by atoms with Gasteiger partial charge in [-0.2, -0.15) is 0 Å². The molecule has 84 valence electrons. The lowest BCUT2D eigenvalue weighted by atomic mass is 10.1. The number of hydrogen-bond donors (Lipinski definition) is 0. The van der Waals surface area contributed by atoms with Gasteiger partial charge in [-0.3, -0.25) is 0 Å². The van der Waals surface area contributed by atoms with Gasteiger partial charge in [0.05, 0.1) is 6.20 Å². The molecule has 0 spiro atoms. The van der Waals surface area contributed by atoms with Gasteiger partial charge in [0.1, 0.15) is 11.0 Å². The third kappa shape index (κ3) is 1.85. The van der Waals surface area contributed by atoms with Crippen molar-refractivity contribution in [1.82, 2.24) is 9.55 Å². The first-order valence-electron chi connectivity index (χ1n) is 5.40. The molecule has 0 aliphatic rings. The highest BCUT2D eigenvalue weighted by Crippen LogP contribution is 2.28. The van der Waals surface area contributed by atoms with Crippen molar-refractivity contribution in [3.8, 4) is 11.4 Å². The summed E-state index contributed by atoms with van der Waals surface area (Å²) in [5, 5.41) is 0.688. The van der Waals surface area contributed by atoms with Crippen LogP contribution in [0.25, 0.3) is 11.4 Å². The Labute approximate surface area is 101 Å². The van der Waals surface area contributed by atoms with Gasteiger partial charge >= 0.3 is 0 Å². The van der Waals surface area contributed by atoms with Crippen molar-refractivity contribution < 1.29 is 0 Å². The van der Waals surface area contributed by atoms with Gasteiger partial charge in [-0.25, -0.2) is 4.98 Å². The Hall–Kier alpha value is -1.28. The van der Waals surface area contributed by atoms with Crippen LogP contribution in [0.15, 0.2) is 30.5 Å². The summed E-state index contributed by atoms with van der Waals surface area (Å²) in [5.74, 6) is 0.943. The average Bonchev–Trinajstić information content (AvgIpc) is 2.61. The van der Waals surface area contributed by atoms with Crippen molar-refractivity contribution >= 4 is 11.6 Å². The lowest BCUT2D eigenvalue weighted by Gasteiger charge is -2.14. The second-order valence-corrected chi connectivity index (χ2v) is 4.57. The predicted molar refractivity (Wildman–Crippen MR) is 67.8 cm³/mol. The van der Waals surface area contributed by atoms with Gasteiger partial charge in [0.15, 0.2) is 0 Å². The zero-order valence-electron chi connectivity index (χ0n) is 9.74. The fourth-order valence-corrected chi connectivity index (χ4v) is 2.18. The molecule has 2 nitrogen and oxygen atoms in total. The number of benzene rings is 1. The van der Waals surface area contributed by atoms with E-state index in [1.54, 1.807) is 6.20 Å². The maximum Gasteiger partial charge on any atom is 0.141 e. The monoisotopic (exact) mass is 234 g/mol. The zero-order chi connectivity index (χ0) is 11.7. The SMILES string of the molecule is Cc1ccccc1-c1ncc(Cl)n1C(C)C. The van der Waals surface area contributed by atoms with Crippen molar-refractivity contribution in [3.05, 3.63) is 41.2 Å². The summed E-state index contributed by atoms with van der Waals surface area (Å²) >= 11 is 6.14. The third-order valence-electron chi connectivity index (χ3n) is 2.65. The standard InChI is InChI=1S/C13H15ClN2/c1-9(2)16-12(14)8-15-13(16)11-7-5-4-6-10(11)3/h4-9H,1-3H3. The van der Waals surface area contributed by atoms with E-state index >= 15 is 0 Å². The fraction of sp³-hybridized carbons (Fsp3) is 0.308. The molecule has 0 saturated carbocycles. The first-order chi connectivity index (χ1) is 7.61. The molecular formula is C13H15ClN2. The van der Waals surface area contributed by atoms with E-state index in [1.807, 2.05) is 16.7 Å². The minimum atomic E-state index is 0.310. The van der Waals surface area contributed by atoms with Crippen LogP contribution in [0.4, 0.5) is 0 Å². The Morgan fingerprint density at radius 3 is 2.56 bits per heavy atom. The summed E-state index contributed by atoms with van der Waals surface area (Å²) < 4.78 is 2.05. The molecule has 16 heavy (non-hydrogen) atoms. The fourth-order valence-electron chi connectivity index (χ4n) is 1.85. The van der Waals surface area contributed by atoms with E-state index in [9.17, 15) is 0 Å². The second-order valence-electron chi connectivity index (χ2n) is 4.18. The number of rotatable bonds is 2. The van der Waals surface area contributed by atoms with E-state index in [-0.39, 0.29) is 0 Å². The number of aryl methyl sites for hydroxylation is 1. The van der Waals surface area contributed by atoms with Crippen molar-refractivity contribution in [1.29, 1.82) is 0 Å². The predicted octanol–water partition coefficient (Wildman–Crippen LogP) is 4.09. The van der Waals surface area contributed by atoms with E-state index in [0.29, 0.717) is 11.2 Å². The number of imidazole rings is 1. The number of nitrogens with zero attached hydrogens (tertiary/aromatic N) is 2. The second kappa shape index (κ2) is 4.30. The van der Waals surface area contributed by atoms with Crippen LogP contribution in [0.2, 0.25) is 5.15 Å². The highest BCUT2D eigenvalue weighted by Gasteiger charge is 2.13. The van der Waals surface area contributed by atoms with Crippen LogP contribution in [0.1, 0.15) is 25.5 Å². The maximum atomic E-state index is 6.14. The molecule has 0 aliphatic heterocycles. The summed E-state index contributed by atoms with van der Waals surface area (Å²) in [6.07, 6.45) is 1.71. The number of aromatic nitrogens is 2. The van der Waals surface area contributed by atoms with Crippen LogP contribution in [0, 0.1) is 6.92 Å². The normalized spacial score (nSPS) is 11.1. The van der Waals surface area contributed by atoms with Crippen LogP contribution < -0.4 is 0 Å². The molecule has 0 atom stereocenters. The summed E-state index contributed by atoms with van der Waals surface area (Å²) in [4.78, 5) is 4.40. The molecule has 0 unspecified atom stereocenters. The molecule has 1 heterocycles. The molecule has 3 heteroatoms. The third-order valence-corrected chi connectivity index (χ3v) is 2.93. The van der Waals surface area contributed by atoms with Gasteiger partial charge in [0.2, 0.25) is 0 Å². The molecule has 0 radical (unpaired) electrons. The minimum Gasteiger partial charge on any atom is -0.313 e. The molecule has 0 aliphatic carbocycles. The molecule has 2 rings (SSSR count). The van der Waals surface area contributed by atoms with E-state index in [1.165, 1.54) is 5.56 Å². The quantitative estimate of drug-likeness (QED) is 0.765. The highest BCUT2D eigenvalue weighted by molar-refractivity contribution is 6.29. The van der Waals surface area contributed by atoms with Crippen molar-refractivity contribution in [2.45, 2.75) is 26.8 Å². The Balaban J connectivity index is 2.61. The first kappa shape index (κ1) is 11.2. The number of halogens is 1. The van der Waals surface area contributed by atoms with Crippen LogP contribution >= 0.6 is 11.6 Å². The molecular weight excluding hydrogens is 220 g/mol. The molecule has 0 amide bonds. The lowest BCUT2D eigenvalue weighted by Crippen LogP contribution is -2.03. The summed E-state index contributed by atoms with van der Waals surface area (Å²) in [5.41, 5.74) is 2.36.